The highest BCUT2D eigenvalue weighted by molar-refractivity contribution is 9.11. The monoisotopic (exact) mass is 321 g/mol. The van der Waals surface area contributed by atoms with E-state index < -0.39 is 0 Å². The Balaban J connectivity index is 1.95. The van der Waals surface area contributed by atoms with Crippen molar-refractivity contribution < 1.29 is 0 Å². The van der Waals surface area contributed by atoms with Crippen molar-refractivity contribution in [3.63, 3.8) is 0 Å². The Bertz CT molecular complexity index is 563. The van der Waals surface area contributed by atoms with Crippen molar-refractivity contribution in [3.8, 4) is 0 Å². The van der Waals surface area contributed by atoms with E-state index in [9.17, 15) is 0 Å². The van der Waals surface area contributed by atoms with Crippen LogP contribution in [0.5, 0.6) is 0 Å². The van der Waals surface area contributed by atoms with Gasteiger partial charge in [0.15, 0.2) is 0 Å². The minimum Gasteiger partial charge on any atom is -0.321 e. The lowest BCUT2D eigenvalue weighted by Crippen LogP contribution is -2.41. The number of thiophene rings is 1. The summed E-state index contributed by atoms with van der Waals surface area (Å²) in [5.41, 5.74) is 9.30. The molecule has 1 aliphatic carbocycles. The Morgan fingerprint density at radius 1 is 1.22 bits per heavy atom. The Morgan fingerprint density at radius 2 is 2.06 bits per heavy atom. The molecule has 3 heteroatoms. The molecule has 1 aromatic heterocycles. The number of halogens is 1. The lowest BCUT2D eigenvalue weighted by molar-refractivity contribution is 0.372. The maximum Gasteiger partial charge on any atom is 0.0701 e. The van der Waals surface area contributed by atoms with Gasteiger partial charge in [-0.1, -0.05) is 24.3 Å². The van der Waals surface area contributed by atoms with Gasteiger partial charge in [-0.2, -0.15) is 0 Å². The molecule has 2 N–H and O–H groups in total. The Kier molecular flexibility index (Phi) is 3.31. The van der Waals surface area contributed by atoms with Crippen LogP contribution in [-0.4, -0.2) is 0 Å². The number of hydrogen-bond donors (Lipinski definition) is 1. The normalized spacial score (nSPS) is 22.8. The van der Waals surface area contributed by atoms with Gasteiger partial charge in [0.1, 0.15) is 0 Å². The first-order chi connectivity index (χ1) is 8.67. The van der Waals surface area contributed by atoms with Crippen LogP contribution in [0.4, 0.5) is 0 Å². The lowest BCUT2D eigenvalue weighted by Gasteiger charge is -2.35. The van der Waals surface area contributed by atoms with E-state index in [0.29, 0.717) is 0 Å². The summed E-state index contributed by atoms with van der Waals surface area (Å²) in [6, 6.07) is 12.9. The quantitative estimate of drug-likeness (QED) is 0.879. The molecule has 2 aromatic rings. The Morgan fingerprint density at radius 3 is 2.83 bits per heavy atom. The van der Waals surface area contributed by atoms with E-state index in [4.69, 9.17) is 5.73 Å². The van der Waals surface area contributed by atoms with Crippen LogP contribution >= 0.6 is 27.3 Å². The molecule has 0 bridgehead atoms. The highest BCUT2D eigenvalue weighted by Gasteiger charge is 2.32. The standard InChI is InChI=1S/C15H16BrNS/c16-14-8-7-12(18-14)10-15(17)9-3-5-11-4-1-2-6-13(11)15/h1-2,4,6-8H,3,5,9-10,17H2. The van der Waals surface area contributed by atoms with Gasteiger partial charge in [0.2, 0.25) is 0 Å². The summed E-state index contributed by atoms with van der Waals surface area (Å²) in [4.78, 5) is 1.36. The first-order valence-corrected chi connectivity index (χ1v) is 7.90. The minimum absolute atomic E-state index is 0.181. The second-order valence-corrected chi connectivity index (χ2v) is 7.60. The summed E-state index contributed by atoms with van der Waals surface area (Å²) in [6.45, 7) is 0. The highest BCUT2D eigenvalue weighted by Crippen LogP contribution is 2.37. The molecule has 1 unspecified atom stereocenters. The molecule has 1 heterocycles. The first kappa shape index (κ1) is 12.4. The minimum atomic E-state index is -0.181. The zero-order chi connectivity index (χ0) is 12.6. The molecule has 94 valence electrons. The van der Waals surface area contributed by atoms with E-state index in [1.54, 1.807) is 11.3 Å². The number of nitrogens with two attached hydrogens (primary N) is 1. The summed E-state index contributed by atoms with van der Waals surface area (Å²) in [5.74, 6) is 0. The molecule has 1 aromatic carbocycles. The topological polar surface area (TPSA) is 26.0 Å². The van der Waals surface area contributed by atoms with Crippen LogP contribution in [0, 0.1) is 0 Å². The van der Waals surface area contributed by atoms with Crippen molar-refractivity contribution in [2.24, 2.45) is 5.73 Å². The molecule has 0 amide bonds. The second kappa shape index (κ2) is 4.80. The van der Waals surface area contributed by atoms with E-state index in [1.807, 2.05) is 0 Å². The second-order valence-electron chi connectivity index (χ2n) is 5.05. The summed E-state index contributed by atoms with van der Waals surface area (Å²) in [6.07, 6.45) is 4.39. The van der Waals surface area contributed by atoms with Crippen LogP contribution in [0.15, 0.2) is 40.2 Å². The van der Waals surface area contributed by atoms with Gasteiger partial charge in [0, 0.05) is 16.8 Å². The molecule has 1 nitrogen and oxygen atoms in total. The third kappa shape index (κ3) is 2.27. The molecule has 0 fully saturated rings. The van der Waals surface area contributed by atoms with Crippen molar-refractivity contribution in [2.45, 2.75) is 31.2 Å². The molecule has 1 aliphatic rings. The molecular formula is C15H16BrNS. The van der Waals surface area contributed by atoms with Crippen molar-refractivity contribution in [2.75, 3.05) is 0 Å². The fourth-order valence-electron chi connectivity index (χ4n) is 2.89. The van der Waals surface area contributed by atoms with Crippen LogP contribution in [-0.2, 0) is 18.4 Å². The molecule has 0 radical (unpaired) electrons. The average molecular weight is 322 g/mol. The Labute approximate surface area is 120 Å². The van der Waals surface area contributed by atoms with Gasteiger partial charge in [0.25, 0.3) is 0 Å². The van der Waals surface area contributed by atoms with E-state index in [2.05, 4.69) is 52.3 Å². The Hall–Kier alpha value is -0.640. The molecule has 0 saturated heterocycles. The fourth-order valence-corrected chi connectivity index (χ4v) is 4.50. The number of benzene rings is 1. The molecule has 0 saturated carbocycles. The zero-order valence-electron chi connectivity index (χ0n) is 10.2. The predicted octanol–water partition coefficient (Wildman–Crippen LogP) is 4.24. The molecule has 1 atom stereocenters. The van der Waals surface area contributed by atoms with Gasteiger partial charge in [0.05, 0.1) is 3.79 Å². The van der Waals surface area contributed by atoms with Crippen LogP contribution < -0.4 is 5.73 Å². The number of fused-ring (bicyclic) bond motifs is 1. The van der Waals surface area contributed by atoms with Crippen LogP contribution in [0.3, 0.4) is 0 Å². The van der Waals surface area contributed by atoms with Crippen molar-refractivity contribution in [3.05, 3.63) is 56.2 Å². The van der Waals surface area contributed by atoms with Crippen molar-refractivity contribution in [1.29, 1.82) is 0 Å². The number of aryl methyl sites for hydroxylation is 1. The van der Waals surface area contributed by atoms with Crippen molar-refractivity contribution in [1.82, 2.24) is 0 Å². The zero-order valence-corrected chi connectivity index (χ0v) is 12.6. The van der Waals surface area contributed by atoms with E-state index >= 15 is 0 Å². The lowest BCUT2D eigenvalue weighted by atomic mass is 9.75. The molecule has 18 heavy (non-hydrogen) atoms. The highest BCUT2D eigenvalue weighted by atomic mass is 79.9. The number of rotatable bonds is 2. The fraction of sp³-hybridized carbons (Fsp3) is 0.333. The van der Waals surface area contributed by atoms with E-state index in [-0.39, 0.29) is 5.54 Å². The van der Waals surface area contributed by atoms with Gasteiger partial charge >= 0.3 is 0 Å². The van der Waals surface area contributed by atoms with E-state index in [1.165, 1.54) is 32.6 Å². The predicted molar refractivity (Wildman–Crippen MR) is 81.0 cm³/mol. The smallest absolute Gasteiger partial charge is 0.0701 e. The van der Waals surface area contributed by atoms with Crippen molar-refractivity contribution >= 4 is 27.3 Å². The van der Waals surface area contributed by atoms with Gasteiger partial charge < -0.3 is 5.73 Å². The van der Waals surface area contributed by atoms with Crippen LogP contribution in [0.1, 0.15) is 28.8 Å². The molecule has 0 spiro atoms. The average Bonchev–Trinajstić information content (AvgIpc) is 2.75. The van der Waals surface area contributed by atoms with Gasteiger partial charge in [-0.15, -0.1) is 11.3 Å². The van der Waals surface area contributed by atoms with Gasteiger partial charge in [-0.3, -0.25) is 0 Å². The summed E-state index contributed by atoms with van der Waals surface area (Å²) in [5, 5.41) is 0. The maximum atomic E-state index is 6.70. The molecule has 3 rings (SSSR count). The van der Waals surface area contributed by atoms with Crippen LogP contribution in [0.2, 0.25) is 0 Å². The van der Waals surface area contributed by atoms with E-state index in [0.717, 1.165) is 12.8 Å². The third-order valence-electron chi connectivity index (χ3n) is 3.74. The van der Waals surface area contributed by atoms with Crippen LogP contribution in [0.25, 0.3) is 0 Å². The number of hydrogen-bond acceptors (Lipinski definition) is 2. The van der Waals surface area contributed by atoms with Gasteiger partial charge in [-0.25, -0.2) is 0 Å². The largest absolute Gasteiger partial charge is 0.321 e. The summed E-state index contributed by atoms with van der Waals surface area (Å²) < 4.78 is 1.19. The molecule has 0 aliphatic heterocycles. The third-order valence-corrected chi connectivity index (χ3v) is 5.36. The maximum absolute atomic E-state index is 6.70. The first-order valence-electron chi connectivity index (χ1n) is 6.29. The SMILES string of the molecule is NC1(Cc2ccc(Br)s2)CCCc2ccccc21. The van der Waals surface area contributed by atoms with Gasteiger partial charge in [-0.05, 0) is 58.5 Å². The summed E-state index contributed by atoms with van der Waals surface area (Å²) in [7, 11) is 0. The summed E-state index contributed by atoms with van der Waals surface area (Å²) >= 11 is 5.32. The molecular weight excluding hydrogens is 306 g/mol.